The van der Waals surface area contributed by atoms with E-state index in [1.54, 1.807) is 6.08 Å². The van der Waals surface area contributed by atoms with E-state index in [0.717, 1.165) is 41.5 Å². The van der Waals surface area contributed by atoms with Crippen molar-refractivity contribution >= 4 is 39.8 Å². The number of rotatable bonds is 6. The number of ether oxygens (including phenoxy) is 1. The van der Waals surface area contributed by atoms with E-state index in [1.165, 1.54) is 34.9 Å². The molecule has 5 heteroatoms. The fourth-order valence-electron chi connectivity index (χ4n) is 4.59. The summed E-state index contributed by atoms with van der Waals surface area (Å²) in [5.41, 5.74) is 2.00. The number of hydrogen-bond donors (Lipinski definition) is 0. The zero-order valence-electron chi connectivity index (χ0n) is 18.5. The molecule has 2 aliphatic rings. The lowest BCUT2D eigenvalue weighted by molar-refractivity contribution is -0.123. The van der Waals surface area contributed by atoms with Crippen molar-refractivity contribution < 1.29 is 14.3 Å². The highest BCUT2D eigenvalue weighted by atomic mass is 32.2. The van der Waals surface area contributed by atoms with E-state index < -0.39 is 0 Å². The highest BCUT2D eigenvalue weighted by molar-refractivity contribution is 8.18. The average molecular weight is 458 g/mol. The number of imide groups is 1. The summed E-state index contributed by atoms with van der Waals surface area (Å²) in [5, 5.41) is 2.27. The zero-order chi connectivity index (χ0) is 22.6. The van der Waals surface area contributed by atoms with Gasteiger partial charge >= 0.3 is 0 Å². The van der Waals surface area contributed by atoms with Gasteiger partial charge in [-0.25, -0.2) is 0 Å². The van der Waals surface area contributed by atoms with E-state index in [0.29, 0.717) is 24.0 Å². The van der Waals surface area contributed by atoms with Crippen molar-refractivity contribution in [1.29, 1.82) is 0 Å². The van der Waals surface area contributed by atoms with Crippen LogP contribution < -0.4 is 4.74 Å². The van der Waals surface area contributed by atoms with Crippen molar-refractivity contribution in [2.75, 3.05) is 6.54 Å². The van der Waals surface area contributed by atoms with Gasteiger partial charge in [0.1, 0.15) is 12.4 Å². The summed E-state index contributed by atoms with van der Waals surface area (Å²) in [6.07, 6.45) is 7.69. The van der Waals surface area contributed by atoms with Crippen LogP contribution in [-0.4, -0.2) is 22.6 Å². The molecule has 1 saturated heterocycles. The molecule has 0 spiro atoms. The summed E-state index contributed by atoms with van der Waals surface area (Å²) >= 11 is 1.05. The van der Waals surface area contributed by atoms with Crippen LogP contribution in [-0.2, 0) is 11.4 Å². The topological polar surface area (TPSA) is 46.6 Å². The third-order valence-corrected chi connectivity index (χ3v) is 7.34. The Bertz CT molecular complexity index is 1200. The first-order valence-electron chi connectivity index (χ1n) is 11.6. The largest absolute Gasteiger partial charge is 0.489 e. The SMILES string of the molecule is O=C1S/C(=C/c2ccc(OCc3ccc4ccccc4c3)cc2)C(=O)N1CC1CCCCC1. The summed E-state index contributed by atoms with van der Waals surface area (Å²) < 4.78 is 5.95. The third-order valence-electron chi connectivity index (χ3n) is 6.44. The van der Waals surface area contributed by atoms with Crippen LogP contribution in [0.15, 0.2) is 71.6 Å². The Morgan fingerprint density at radius 2 is 1.67 bits per heavy atom. The molecule has 0 unspecified atom stereocenters. The first kappa shape index (κ1) is 21.8. The van der Waals surface area contributed by atoms with Gasteiger partial charge in [-0.15, -0.1) is 0 Å². The average Bonchev–Trinajstić information content (AvgIpc) is 3.11. The van der Waals surface area contributed by atoms with E-state index in [2.05, 4.69) is 30.3 Å². The predicted molar refractivity (Wildman–Crippen MR) is 134 cm³/mol. The standard InChI is InChI=1S/C28H27NO3S/c30-27-26(33-28(31)29(27)18-21-6-2-1-3-7-21)17-20-11-14-25(15-12-20)32-19-22-10-13-23-8-4-5-9-24(23)16-22/h4-5,8-17,21H,1-3,6-7,18-19H2/b26-17+. The first-order chi connectivity index (χ1) is 16.2. The van der Waals surface area contributed by atoms with Crippen molar-refractivity contribution in [3.8, 4) is 5.75 Å². The van der Waals surface area contributed by atoms with Crippen LogP contribution >= 0.6 is 11.8 Å². The van der Waals surface area contributed by atoms with E-state index in [4.69, 9.17) is 4.74 Å². The summed E-state index contributed by atoms with van der Waals surface area (Å²) in [7, 11) is 0. The van der Waals surface area contributed by atoms with E-state index >= 15 is 0 Å². The number of benzene rings is 3. The molecular formula is C28H27NO3S. The molecule has 2 fully saturated rings. The first-order valence-corrected chi connectivity index (χ1v) is 12.4. The summed E-state index contributed by atoms with van der Waals surface area (Å²) in [5.74, 6) is 1.06. The van der Waals surface area contributed by atoms with Crippen LogP contribution in [0.1, 0.15) is 43.2 Å². The maximum Gasteiger partial charge on any atom is 0.293 e. The smallest absolute Gasteiger partial charge is 0.293 e. The quantitative estimate of drug-likeness (QED) is 0.373. The van der Waals surface area contributed by atoms with E-state index in [9.17, 15) is 9.59 Å². The van der Waals surface area contributed by atoms with Crippen molar-refractivity contribution in [2.45, 2.75) is 38.7 Å². The second-order valence-electron chi connectivity index (χ2n) is 8.84. The molecule has 1 aliphatic carbocycles. The molecule has 3 aromatic carbocycles. The number of hydrogen-bond acceptors (Lipinski definition) is 4. The second-order valence-corrected chi connectivity index (χ2v) is 9.83. The molecule has 33 heavy (non-hydrogen) atoms. The van der Waals surface area contributed by atoms with Crippen LogP contribution in [0, 0.1) is 5.92 Å². The highest BCUT2D eigenvalue weighted by Crippen LogP contribution is 2.35. The Morgan fingerprint density at radius 3 is 2.45 bits per heavy atom. The van der Waals surface area contributed by atoms with Crippen LogP contribution in [0.3, 0.4) is 0 Å². The van der Waals surface area contributed by atoms with Crippen molar-refractivity contribution in [2.24, 2.45) is 5.92 Å². The Kier molecular flexibility index (Phi) is 6.49. The number of fused-ring (bicyclic) bond motifs is 1. The molecule has 5 rings (SSSR count). The van der Waals surface area contributed by atoms with Crippen molar-refractivity contribution in [1.82, 2.24) is 4.90 Å². The number of amides is 2. The van der Waals surface area contributed by atoms with E-state index in [1.807, 2.05) is 36.4 Å². The summed E-state index contributed by atoms with van der Waals surface area (Å²) in [6, 6.07) is 22.3. The molecule has 1 aliphatic heterocycles. The zero-order valence-corrected chi connectivity index (χ0v) is 19.4. The molecule has 0 bridgehead atoms. The minimum absolute atomic E-state index is 0.146. The third kappa shape index (κ3) is 5.14. The predicted octanol–water partition coefficient (Wildman–Crippen LogP) is 7.04. The maximum atomic E-state index is 12.8. The molecule has 1 saturated carbocycles. The van der Waals surface area contributed by atoms with Gasteiger partial charge in [0.2, 0.25) is 0 Å². The summed E-state index contributed by atoms with van der Waals surface area (Å²) in [4.78, 5) is 27.2. The maximum absolute atomic E-state index is 12.8. The number of carbonyl (C=O) groups excluding carboxylic acids is 2. The number of carbonyl (C=O) groups is 2. The lowest BCUT2D eigenvalue weighted by atomic mass is 9.89. The Balaban J connectivity index is 1.20. The van der Waals surface area contributed by atoms with Crippen LogP contribution in [0.25, 0.3) is 16.8 Å². The van der Waals surface area contributed by atoms with Gasteiger partial charge in [-0.2, -0.15) is 0 Å². The van der Waals surface area contributed by atoms with Gasteiger partial charge in [-0.1, -0.05) is 67.8 Å². The van der Waals surface area contributed by atoms with Gasteiger partial charge < -0.3 is 4.74 Å². The minimum Gasteiger partial charge on any atom is -0.489 e. The van der Waals surface area contributed by atoms with Crippen LogP contribution in [0.5, 0.6) is 5.75 Å². The van der Waals surface area contributed by atoms with Gasteiger partial charge in [0.25, 0.3) is 11.1 Å². The lowest BCUT2D eigenvalue weighted by Crippen LogP contribution is -2.34. The molecule has 1 heterocycles. The molecule has 168 valence electrons. The normalized spacial score (nSPS) is 18.4. The molecule has 0 N–H and O–H groups in total. The molecule has 0 radical (unpaired) electrons. The summed E-state index contributed by atoms with van der Waals surface area (Å²) in [6.45, 7) is 1.05. The van der Waals surface area contributed by atoms with Gasteiger partial charge in [-0.3, -0.25) is 14.5 Å². The minimum atomic E-state index is -0.160. The number of nitrogens with zero attached hydrogens (tertiary/aromatic N) is 1. The van der Waals surface area contributed by atoms with Gasteiger partial charge in [-0.05, 0) is 76.7 Å². The van der Waals surface area contributed by atoms with Gasteiger partial charge in [0.15, 0.2) is 0 Å². The molecule has 4 nitrogen and oxygen atoms in total. The molecule has 3 aromatic rings. The molecule has 0 atom stereocenters. The molecule has 2 amide bonds. The Hall–Kier alpha value is -3.05. The lowest BCUT2D eigenvalue weighted by Gasteiger charge is -2.25. The fourth-order valence-corrected chi connectivity index (χ4v) is 5.44. The van der Waals surface area contributed by atoms with Crippen molar-refractivity contribution in [3.63, 3.8) is 0 Å². The molecule has 0 aromatic heterocycles. The second kappa shape index (κ2) is 9.84. The fraction of sp³-hybridized carbons (Fsp3) is 0.286. The number of thioether (sulfide) groups is 1. The van der Waals surface area contributed by atoms with Crippen LogP contribution in [0.2, 0.25) is 0 Å². The van der Waals surface area contributed by atoms with Gasteiger partial charge in [0.05, 0.1) is 4.91 Å². The highest BCUT2D eigenvalue weighted by Gasteiger charge is 2.36. The van der Waals surface area contributed by atoms with Gasteiger partial charge in [0, 0.05) is 6.54 Å². The molecular weight excluding hydrogens is 430 g/mol. The Morgan fingerprint density at radius 1 is 0.909 bits per heavy atom. The van der Waals surface area contributed by atoms with Crippen molar-refractivity contribution in [3.05, 3.63) is 82.8 Å². The Labute approximate surface area is 198 Å². The van der Waals surface area contributed by atoms with Crippen LogP contribution in [0.4, 0.5) is 4.79 Å². The van der Waals surface area contributed by atoms with E-state index in [-0.39, 0.29) is 11.1 Å². The monoisotopic (exact) mass is 457 g/mol.